The molecule has 1 saturated carbocycles. The lowest BCUT2D eigenvalue weighted by molar-refractivity contribution is -0.141. The molecule has 0 spiro atoms. The molecule has 132 valence electrons. The maximum Gasteiger partial charge on any atom is 0.327 e. The molecule has 3 unspecified atom stereocenters. The standard InChI is InChI=1S/C19H19N5O2/c1-26-15(25)9-24-19-14(8-22-24)18(20-10-21-19)23-17-13-7-6-11-4-2-3-5-12(11)16(13)17/h2-5,8,10,13,16-17H,6-7,9H2,1H3,(H,20,21,23). The minimum absolute atomic E-state index is 0.0402. The fourth-order valence-corrected chi connectivity index (χ4v) is 4.23. The molecular formula is C19H19N5O2. The van der Waals surface area contributed by atoms with Crippen LogP contribution < -0.4 is 5.32 Å². The molecule has 2 aliphatic rings. The molecule has 1 fully saturated rings. The Morgan fingerprint density at radius 1 is 1.35 bits per heavy atom. The Morgan fingerprint density at radius 3 is 3.12 bits per heavy atom. The number of aromatic nitrogens is 4. The molecule has 7 nitrogen and oxygen atoms in total. The number of hydrogen-bond donors (Lipinski definition) is 1. The van der Waals surface area contributed by atoms with Gasteiger partial charge in [-0.05, 0) is 29.9 Å². The molecule has 3 aromatic rings. The molecule has 2 aromatic heterocycles. The third kappa shape index (κ3) is 2.34. The van der Waals surface area contributed by atoms with E-state index in [1.807, 2.05) is 0 Å². The van der Waals surface area contributed by atoms with Crippen LogP contribution in [0.5, 0.6) is 0 Å². The summed E-state index contributed by atoms with van der Waals surface area (Å²) in [5.74, 6) is 1.63. The van der Waals surface area contributed by atoms with E-state index in [-0.39, 0.29) is 12.5 Å². The molecule has 2 aliphatic carbocycles. The van der Waals surface area contributed by atoms with Gasteiger partial charge in [0.05, 0.1) is 18.7 Å². The van der Waals surface area contributed by atoms with E-state index >= 15 is 0 Å². The first-order valence-electron chi connectivity index (χ1n) is 8.84. The van der Waals surface area contributed by atoms with Gasteiger partial charge in [0.25, 0.3) is 0 Å². The summed E-state index contributed by atoms with van der Waals surface area (Å²) < 4.78 is 6.26. The van der Waals surface area contributed by atoms with E-state index < -0.39 is 0 Å². The van der Waals surface area contributed by atoms with Crippen LogP contribution in [0, 0.1) is 5.92 Å². The van der Waals surface area contributed by atoms with Crippen LogP contribution in [0.15, 0.2) is 36.8 Å². The Kier molecular flexibility index (Phi) is 3.41. The first-order valence-corrected chi connectivity index (χ1v) is 8.84. The highest BCUT2D eigenvalue weighted by Crippen LogP contribution is 2.55. The lowest BCUT2D eigenvalue weighted by atomic mass is 9.92. The van der Waals surface area contributed by atoms with Crippen molar-refractivity contribution in [3.63, 3.8) is 0 Å². The fraction of sp³-hybridized carbons (Fsp3) is 0.368. The maximum atomic E-state index is 11.5. The van der Waals surface area contributed by atoms with Gasteiger partial charge in [0.15, 0.2) is 5.65 Å². The number of hydrogen-bond acceptors (Lipinski definition) is 6. The molecule has 7 heteroatoms. The highest BCUT2D eigenvalue weighted by molar-refractivity contribution is 5.87. The second-order valence-electron chi connectivity index (χ2n) is 6.94. The number of aryl methyl sites for hydroxylation is 1. The molecule has 0 aliphatic heterocycles. The van der Waals surface area contributed by atoms with Gasteiger partial charge in [-0.15, -0.1) is 0 Å². The number of esters is 1. The Bertz CT molecular complexity index is 999. The maximum absolute atomic E-state index is 11.5. The number of carbonyl (C=O) groups excluding carboxylic acids is 1. The lowest BCUT2D eigenvalue weighted by Gasteiger charge is -2.13. The molecule has 0 amide bonds. The summed E-state index contributed by atoms with van der Waals surface area (Å²) in [5, 5.41) is 8.70. The van der Waals surface area contributed by atoms with Crippen LogP contribution in [0.3, 0.4) is 0 Å². The second-order valence-corrected chi connectivity index (χ2v) is 6.94. The SMILES string of the molecule is COC(=O)Cn1ncc2c(NC3C4CCc5ccccc5C43)ncnc21. The Balaban J connectivity index is 1.42. The Hall–Kier alpha value is -2.96. The van der Waals surface area contributed by atoms with Crippen molar-refractivity contribution in [1.82, 2.24) is 19.7 Å². The van der Waals surface area contributed by atoms with E-state index in [4.69, 9.17) is 4.74 Å². The molecule has 26 heavy (non-hydrogen) atoms. The number of fused-ring (bicyclic) bond motifs is 4. The van der Waals surface area contributed by atoms with Crippen LogP contribution in [0.2, 0.25) is 0 Å². The van der Waals surface area contributed by atoms with Gasteiger partial charge < -0.3 is 10.1 Å². The number of nitrogens with one attached hydrogen (secondary N) is 1. The van der Waals surface area contributed by atoms with Crippen molar-refractivity contribution in [3.8, 4) is 0 Å². The number of ether oxygens (including phenoxy) is 1. The second kappa shape index (κ2) is 5.79. The van der Waals surface area contributed by atoms with Crippen molar-refractivity contribution in [1.29, 1.82) is 0 Å². The van der Waals surface area contributed by atoms with Gasteiger partial charge in [0.1, 0.15) is 18.7 Å². The van der Waals surface area contributed by atoms with Gasteiger partial charge in [-0.25, -0.2) is 14.6 Å². The molecule has 0 bridgehead atoms. The zero-order valence-electron chi connectivity index (χ0n) is 14.4. The number of rotatable bonds is 4. The van der Waals surface area contributed by atoms with Gasteiger partial charge in [-0.3, -0.25) is 4.79 Å². The highest BCUT2D eigenvalue weighted by atomic mass is 16.5. The molecular weight excluding hydrogens is 330 g/mol. The monoisotopic (exact) mass is 349 g/mol. The van der Waals surface area contributed by atoms with Crippen LogP contribution in [0.25, 0.3) is 11.0 Å². The van der Waals surface area contributed by atoms with Gasteiger partial charge in [0, 0.05) is 12.0 Å². The van der Waals surface area contributed by atoms with Crippen LogP contribution in [0.4, 0.5) is 5.82 Å². The predicted octanol–water partition coefficient (Wildman–Crippen LogP) is 2.14. The highest BCUT2D eigenvalue weighted by Gasteiger charge is 2.53. The quantitative estimate of drug-likeness (QED) is 0.727. The number of benzene rings is 1. The molecule has 5 rings (SSSR count). The zero-order chi connectivity index (χ0) is 17.7. The molecule has 2 heterocycles. The molecule has 1 N–H and O–H groups in total. The largest absolute Gasteiger partial charge is 0.468 e. The normalized spacial score (nSPS) is 23.2. The summed E-state index contributed by atoms with van der Waals surface area (Å²) in [6, 6.07) is 9.11. The molecule has 0 saturated heterocycles. The van der Waals surface area contributed by atoms with E-state index in [2.05, 4.69) is 44.6 Å². The number of carbonyl (C=O) groups is 1. The van der Waals surface area contributed by atoms with E-state index in [0.717, 1.165) is 17.6 Å². The van der Waals surface area contributed by atoms with Crippen LogP contribution in [-0.4, -0.2) is 38.9 Å². The minimum atomic E-state index is -0.354. The summed E-state index contributed by atoms with van der Waals surface area (Å²) in [6.07, 6.45) is 5.57. The van der Waals surface area contributed by atoms with Gasteiger partial charge in [0.2, 0.25) is 0 Å². The summed E-state index contributed by atoms with van der Waals surface area (Å²) in [5.41, 5.74) is 3.57. The first kappa shape index (κ1) is 15.3. The Labute approximate surface area is 150 Å². The third-order valence-electron chi connectivity index (χ3n) is 5.57. The van der Waals surface area contributed by atoms with Gasteiger partial charge >= 0.3 is 5.97 Å². The summed E-state index contributed by atoms with van der Waals surface area (Å²) in [4.78, 5) is 20.2. The zero-order valence-corrected chi connectivity index (χ0v) is 14.4. The number of methoxy groups -OCH3 is 1. The average molecular weight is 349 g/mol. The average Bonchev–Trinajstić information content (AvgIpc) is 3.23. The topological polar surface area (TPSA) is 81.9 Å². The predicted molar refractivity (Wildman–Crippen MR) is 95.7 cm³/mol. The summed E-state index contributed by atoms with van der Waals surface area (Å²) >= 11 is 0. The van der Waals surface area contributed by atoms with E-state index in [0.29, 0.717) is 23.5 Å². The lowest BCUT2D eigenvalue weighted by Crippen LogP contribution is -2.13. The van der Waals surface area contributed by atoms with Crippen LogP contribution >= 0.6 is 0 Å². The first-order chi connectivity index (χ1) is 12.8. The van der Waals surface area contributed by atoms with Crippen molar-refractivity contribution in [2.75, 3.05) is 12.4 Å². The Morgan fingerprint density at radius 2 is 2.23 bits per heavy atom. The van der Waals surface area contributed by atoms with E-state index in [1.165, 1.54) is 31.0 Å². The van der Waals surface area contributed by atoms with E-state index in [9.17, 15) is 4.79 Å². The third-order valence-corrected chi connectivity index (χ3v) is 5.57. The fourth-order valence-electron chi connectivity index (χ4n) is 4.23. The van der Waals surface area contributed by atoms with Crippen molar-refractivity contribution in [2.24, 2.45) is 5.92 Å². The van der Waals surface area contributed by atoms with Crippen molar-refractivity contribution in [3.05, 3.63) is 47.9 Å². The van der Waals surface area contributed by atoms with Crippen LogP contribution in [0.1, 0.15) is 23.5 Å². The molecule has 1 aromatic carbocycles. The smallest absolute Gasteiger partial charge is 0.327 e. The molecule has 3 atom stereocenters. The van der Waals surface area contributed by atoms with Gasteiger partial charge in [-0.2, -0.15) is 5.10 Å². The summed E-state index contributed by atoms with van der Waals surface area (Å²) in [6.45, 7) is 0.0402. The van der Waals surface area contributed by atoms with Crippen molar-refractivity contribution >= 4 is 22.8 Å². The molecule has 0 radical (unpaired) electrons. The minimum Gasteiger partial charge on any atom is -0.468 e. The number of nitrogens with zero attached hydrogens (tertiary/aromatic N) is 4. The van der Waals surface area contributed by atoms with E-state index in [1.54, 1.807) is 10.9 Å². The van der Waals surface area contributed by atoms with Crippen LogP contribution in [-0.2, 0) is 22.5 Å². The van der Waals surface area contributed by atoms with Crippen molar-refractivity contribution < 1.29 is 9.53 Å². The van der Waals surface area contributed by atoms with Gasteiger partial charge in [-0.1, -0.05) is 24.3 Å². The number of anilines is 1. The van der Waals surface area contributed by atoms with Crippen molar-refractivity contribution in [2.45, 2.75) is 31.3 Å². The summed E-state index contributed by atoms with van der Waals surface area (Å²) in [7, 11) is 1.36.